The summed E-state index contributed by atoms with van der Waals surface area (Å²) >= 11 is 0. The van der Waals surface area contributed by atoms with Crippen LogP contribution in [0, 0.1) is 0 Å². The van der Waals surface area contributed by atoms with Gasteiger partial charge in [0.05, 0.1) is 19.3 Å². The molecule has 0 radical (unpaired) electrons. The lowest BCUT2D eigenvalue weighted by Gasteiger charge is -2.32. The van der Waals surface area contributed by atoms with Crippen molar-refractivity contribution in [3.8, 4) is 0 Å². The van der Waals surface area contributed by atoms with Crippen molar-refractivity contribution >= 4 is 11.7 Å². The Balaban J connectivity index is 2.09. The van der Waals surface area contributed by atoms with Crippen LogP contribution in [0.5, 0.6) is 0 Å². The number of carbonyl (C=O) groups excluding carboxylic acids is 1. The minimum atomic E-state index is -0.299. The van der Waals surface area contributed by atoms with Crippen molar-refractivity contribution in [2.45, 2.75) is 6.10 Å². The van der Waals surface area contributed by atoms with Crippen molar-refractivity contribution in [1.82, 2.24) is 9.88 Å². The Morgan fingerprint density at radius 1 is 1.71 bits per heavy atom. The van der Waals surface area contributed by atoms with E-state index < -0.39 is 0 Å². The number of pyridine rings is 1. The second-order valence-corrected chi connectivity index (χ2v) is 3.90. The van der Waals surface area contributed by atoms with Crippen molar-refractivity contribution in [3.05, 3.63) is 23.9 Å². The largest absolute Gasteiger partial charge is 0.394 e. The number of aromatic nitrogens is 1. The molecule has 92 valence electrons. The third-order valence-corrected chi connectivity index (χ3v) is 2.66. The van der Waals surface area contributed by atoms with E-state index in [1.807, 2.05) is 0 Å². The summed E-state index contributed by atoms with van der Waals surface area (Å²) < 4.78 is 5.29. The Labute approximate surface area is 99.0 Å². The first-order chi connectivity index (χ1) is 8.20. The third-order valence-electron chi connectivity index (χ3n) is 2.66. The molecule has 1 aromatic rings. The average molecular weight is 237 g/mol. The van der Waals surface area contributed by atoms with Gasteiger partial charge >= 0.3 is 0 Å². The van der Waals surface area contributed by atoms with Gasteiger partial charge in [0.2, 0.25) is 0 Å². The van der Waals surface area contributed by atoms with Gasteiger partial charge in [0.25, 0.3) is 5.91 Å². The highest BCUT2D eigenvalue weighted by Crippen LogP contribution is 2.11. The van der Waals surface area contributed by atoms with Gasteiger partial charge < -0.3 is 20.5 Å². The molecule has 0 spiro atoms. The van der Waals surface area contributed by atoms with Gasteiger partial charge in [-0.1, -0.05) is 0 Å². The smallest absolute Gasteiger partial charge is 0.254 e. The highest BCUT2D eigenvalue weighted by atomic mass is 16.5. The van der Waals surface area contributed by atoms with Crippen LogP contribution in [0.3, 0.4) is 0 Å². The molecular weight excluding hydrogens is 222 g/mol. The third kappa shape index (κ3) is 2.72. The molecule has 1 atom stereocenters. The minimum absolute atomic E-state index is 0.0811. The van der Waals surface area contributed by atoms with Gasteiger partial charge in [-0.25, -0.2) is 4.98 Å². The molecule has 1 amide bonds. The minimum Gasteiger partial charge on any atom is -0.394 e. The van der Waals surface area contributed by atoms with Crippen LogP contribution >= 0.6 is 0 Å². The maximum Gasteiger partial charge on any atom is 0.254 e. The lowest BCUT2D eigenvalue weighted by atomic mass is 10.2. The van der Waals surface area contributed by atoms with Crippen molar-refractivity contribution < 1.29 is 14.6 Å². The van der Waals surface area contributed by atoms with Crippen LogP contribution in [0.25, 0.3) is 0 Å². The van der Waals surface area contributed by atoms with E-state index in [1.54, 1.807) is 17.0 Å². The lowest BCUT2D eigenvalue weighted by Crippen LogP contribution is -2.46. The number of carbonyl (C=O) groups is 1. The first-order valence-corrected chi connectivity index (χ1v) is 5.44. The summed E-state index contributed by atoms with van der Waals surface area (Å²) in [5.74, 6) is 0.212. The van der Waals surface area contributed by atoms with Crippen LogP contribution in [0.4, 0.5) is 5.82 Å². The molecule has 0 bridgehead atoms. The molecule has 1 saturated heterocycles. The quantitative estimate of drug-likeness (QED) is 0.723. The zero-order valence-electron chi connectivity index (χ0n) is 9.37. The van der Waals surface area contributed by atoms with E-state index in [0.29, 0.717) is 31.1 Å². The summed E-state index contributed by atoms with van der Waals surface area (Å²) in [5.41, 5.74) is 6.04. The number of morpholine rings is 1. The predicted octanol–water partition coefficient (Wildman–Crippen LogP) is -0.503. The molecule has 17 heavy (non-hydrogen) atoms. The fourth-order valence-corrected chi connectivity index (χ4v) is 1.78. The van der Waals surface area contributed by atoms with E-state index >= 15 is 0 Å². The highest BCUT2D eigenvalue weighted by molar-refractivity contribution is 5.94. The van der Waals surface area contributed by atoms with E-state index in [4.69, 9.17) is 15.6 Å². The molecular formula is C11H15N3O3. The average Bonchev–Trinajstić information content (AvgIpc) is 2.38. The van der Waals surface area contributed by atoms with Crippen molar-refractivity contribution in [1.29, 1.82) is 0 Å². The van der Waals surface area contributed by atoms with Crippen LogP contribution in [0.2, 0.25) is 0 Å². The van der Waals surface area contributed by atoms with Gasteiger partial charge in [0.1, 0.15) is 5.82 Å². The molecule has 3 N–H and O–H groups in total. The number of aliphatic hydroxyl groups excluding tert-OH is 1. The van der Waals surface area contributed by atoms with E-state index in [-0.39, 0.29) is 18.6 Å². The Bertz CT molecular complexity index is 411. The van der Waals surface area contributed by atoms with Crippen molar-refractivity contribution in [3.63, 3.8) is 0 Å². The summed E-state index contributed by atoms with van der Waals surface area (Å²) in [6.07, 6.45) is 1.21. The van der Waals surface area contributed by atoms with Crippen LogP contribution in [0.15, 0.2) is 18.3 Å². The zero-order valence-corrected chi connectivity index (χ0v) is 9.37. The van der Waals surface area contributed by atoms with E-state index in [2.05, 4.69) is 4.98 Å². The number of hydrogen-bond acceptors (Lipinski definition) is 5. The standard InChI is InChI=1S/C11H15N3O3/c12-10-5-8(1-2-13-10)11(16)14-3-4-17-9(6-14)7-15/h1-2,5,9,15H,3-4,6-7H2,(H2,12,13). The van der Waals surface area contributed by atoms with E-state index in [0.717, 1.165) is 0 Å². The van der Waals surface area contributed by atoms with E-state index in [9.17, 15) is 4.79 Å². The van der Waals surface area contributed by atoms with E-state index in [1.165, 1.54) is 6.20 Å². The van der Waals surface area contributed by atoms with Crippen molar-refractivity contribution in [2.24, 2.45) is 0 Å². The topological polar surface area (TPSA) is 88.7 Å². The molecule has 6 nitrogen and oxygen atoms in total. The molecule has 6 heteroatoms. The van der Waals surface area contributed by atoms with Gasteiger partial charge in [0.15, 0.2) is 0 Å². The molecule has 0 aromatic carbocycles. The number of aliphatic hydroxyl groups is 1. The Morgan fingerprint density at radius 3 is 3.24 bits per heavy atom. The predicted molar refractivity (Wildman–Crippen MR) is 61.4 cm³/mol. The van der Waals surface area contributed by atoms with Crippen LogP contribution in [-0.2, 0) is 4.74 Å². The highest BCUT2D eigenvalue weighted by Gasteiger charge is 2.24. The SMILES string of the molecule is Nc1cc(C(=O)N2CCOC(CO)C2)ccn1. The van der Waals surface area contributed by atoms with Gasteiger partial charge in [-0.05, 0) is 12.1 Å². The second kappa shape index (κ2) is 5.11. The Kier molecular flexibility index (Phi) is 3.55. The number of nitrogen functional groups attached to an aromatic ring is 1. The summed E-state index contributed by atoms with van der Waals surface area (Å²) in [7, 11) is 0. The summed E-state index contributed by atoms with van der Waals surface area (Å²) in [6.45, 7) is 1.29. The first kappa shape index (κ1) is 11.8. The van der Waals surface area contributed by atoms with Crippen LogP contribution in [0.1, 0.15) is 10.4 Å². The molecule has 1 fully saturated rings. The summed E-state index contributed by atoms with van der Waals surface area (Å²) in [5, 5.41) is 9.01. The molecule has 2 heterocycles. The molecule has 1 aliphatic heterocycles. The monoisotopic (exact) mass is 237 g/mol. The van der Waals surface area contributed by atoms with Gasteiger partial charge in [-0.3, -0.25) is 4.79 Å². The first-order valence-electron chi connectivity index (χ1n) is 5.44. The van der Waals surface area contributed by atoms with Gasteiger partial charge in [-0.15, -0.1) is 0 Å². The number of amides is 1. The molecule has 2 rings (SSSR count). The molecule has 0 saturated carbocycles. The number of nitrogens with two attached hydrogens (primary N) is 1. The Hall–Kier alpha value is -1.66. The number of rotatable bonds is 2. The number of anilines is 1. The van der Waals surface area contributed by atoms with Crippen LogP contribution < -0.4 is 5.73 Å². The summed E-state index contributed by atoms with van der Waals surface area (Å²) in [4.78, 5) is 17.6. The zero-order chi connectivity index (χ0) is 12.3. The fraction of sp³-hybridized carbons (Fsp3) is 0.455. The maximum atomic E-state index is 12.1. The maximum absolute atomic E-state index is 12.1. The molecule has 1 aliphatic rings. The van der Waals surface area contributed by atoms with Gasteiger partial charge in [0, 0.05) is 24.8 Å². The van der Waals surface area contributed by atoms with Crippen molar-refractivity contribution in [2.75, 3.05) is 32.0 Å². The number of ether oxygens (including phenoxy) is 1. The fourth-order valence-electron chi connectivity index (χ4n) is 1.78. The number of nitrogens with zero attached hydrogens (tertiary/aromatic N) is 2. The molecule has 1 aromatic heterocycles. The number of hydrogen-bond donors (Lipinski definition) is 2. The summed E-state index contributed by atoms with van der Waals surface area (Å²) in [6, 6.07) is 3.17. The lowest BCUT2D eigenvalue weighted by molar-refractivity contribution is -0.0447. The molecule has 0 aliphatic carbocycles. The van der Waals surface area contributed by atoms with Crippen LogP contribution in [-0.4, -0.2) is 53.3 Å². The molecule has 1 unspecified atom stereocenters. The normalized spacial score (nSPS) is 20.3. The second-order valence-electron chi connectivity index (χ2n) is 3.90. The van der Waals surface area contributed by atoms with Gasteiger partial charge in [-0.2, -0.15) is 0 Å². The Morgan fingerprint density at radius 2 is 2.53 bits per heavy atom.